The Morgan fingerprint density at radius 2 is 1.81 bits per heavy atom. The number of carbonyl (C=O) groups is 1. The predicted octanol–water partition coefficient (Wildman–Crippen LogP) is 2.42. The minimum absolute atomic E-state index is 0.0678. The molecule has 0 bridgehead atoms. The van der Waals surface area contributed by atoms with E-state index in [1.165, 1.54) is 6.08 Å². The van der Waals surface area contributed by atoms with Gasteiger partial charge in [0.1, 0.15) is 0 Å². The van der Waals surface area contributed by atoms with Gasteiger partial charge in [0, 0.05) is 12.1 Å². The van der Waals surface area contributed by atoms with E-state index in [1.54, 1.807) is 31.2 Å². The zero-order chi connectivity index (χ0) is 16.0. The van der Waals surface area contributed by atoms with Crippen LogP contribution in [0.5, 0.6) is 0 Å². The summed E-state index contributed by atoms with van der Waals surface area (Å²) in [6, 6.07) is 6.74. The second kappa shape index (κ2) is 7.38. The number of rotatable bonds is 7. The lowest BCUT2D eigenvalue weighted by molar-refractivity contribution is -0.131. The van der Waals surface area contributed by atoms with Crippen molar-refractivity contribution in [1.82, 2.24) is 4.72 Å². The highest BCUT2D eigenvalue weighted by Gasteiger charge is 2.17. The van der Waals surface area contributed by atoms with Gasteiger partial charge in [-0.15, -0.1) is 0 Å². The first kappa shape index (κ1) is 17.4. The fourth-order valence-corrected chi connectivity index (χ4v) is 3.54. The number of aliphatic carboxylic acids is 1. The molecule has 0 heterocycles. The third-order valence-corrected chi connectivity index (χ3v) is 4.58. The fourth-order valence-electron chi connectivity index (χ4n) is 1.89. The van der Waals surface area contributed by atoms with E-state index in [9.17, 15) is 13.2 Å². The van der Waals surface area contributed by atoms with Crippen LogP contribution in [0.3, 0.4) is 0 Å². The molecular formula is C15H21NO4S. The van der Waals surface area contributed by atoms with Crippen molar-refractivity contribution in [2.75, 3.05) is 5.75 Å². The van der Waals surface area contributed by atoms with Crippen LogP contribution in [0, 0.1) is 5.92 Å². The van der Waals surface area contributed by atoms with Gasteiger partial charge in [-0.2, -0.15) is 0 Å². The highest BCUT2D eigenvalue weighted by Crippen LogP contribution is 2.16. The Hall–Kier alpha value is -1.66. The second-order valence-corrected chi connectivity index (χ2v) is 7.15. The Balaban J connectivity index is 2.75. The van der Waals surface area contributed by atoms with Crippen molar-refractivity contribution in [2.24, 2.45) is 5.92 Å². The van der Waals surface area contributed by atoms with Gasteiger partial charge in [0.15, 0.2) is 0 Å². The number of carboxylic acids is 1. The molecule has 2 N–H and O–H groups in total. The third-order valence-electron chi connectivity index (χ3n) is 2.76. The monoisotopic (exact) mass is 311 g/mol. The number of nitrogens with one attached hydrogen (secondary N) is 1. The molecule has 0 radical (unpaired) electrons. The normalized spacial score (nSPS) is 13.7. The molecule has 0 aromatic heterocycles. The van der Waals surface area contributed by atoms with Crippen LogP contribution in [-0.2, 0) is 14.8 Å². The van der Waals surface area contributed by atoms with Gasteiger partial charge in [0.25, 0.3) is 0 Å². The van der Waals surface area contributed by atoms with Gasteiger partial charge >= 0.3 is 5.97 Å². The summed E-state index contributed by atoms with van der Waals surface area (Å²) < 4.78 is 26.4. The molecule has 1 aromatic rings. The molecule has 0 aliphatic heterocycles. The molecule has 21 heavy (non-hydrogen) atoms. The Morgan fingerprint density at radius 3 is 2.29 bits per heavy atom. The Kier molecular flexibility index (Phi) is 6.11. The highest BCUT2D eigenvalue weighted by molar-refractivity contribution is 7.89. The van der Waals surface area contributed by atoms with Crippen molar-refractivity contribution in [3.8, 4) is 0 Å². The molecule has 1 atom stereocenters. The lowest BCUT2D eigenvalue weighted by Crippen LogP contribution is -2.30. The van der Waals surface area contributed by atoms with Gasteiger partial charge in [-0.25, -0.2) is 17.9 Å². The summed E-state index contributed by atoms with van der Waals surface area (Å²) in [5.41, 5.74) is 1.58. The van der Waals surface area contributed by atoms with Crippen LogP contribution in [0.15, 0.2) is 30.3 Å². The minimum atomic E-state index is -3.30. The van der Waals surface area contributed by atoms with Crippen LogP contribution in [-0.4, -0.2) is 25.2 Å². The number of sulfonamides is 1. The van der Waals surface area contributed by atoms with E-state index in [-0.39, 0.29) is 17.7 Å². The SMILES string of the molecule is CC(C)CS(=O)(=O)NC(C)c1ccc(C=CC(=O)O)cc1. The largest absolute Gasteiger partial charge is 0.478 e. The van der Waals surface area contributed by atoms with Gasteiger partial charge in [-0.05, 0) is 30.0 Å². The molecule has 1 rings (SSSR count). The van der Waals surface area contributed by atoms with Crippen LogP contribution in [0.2, 0.25) is 0 Å². The molecule has 0 aliphatic carbocycles. The highest BCUT2D eigenvalue weighted by atomic mass is 32.2. The van der Waals surface area contributed by atoms with Crippen molar-refractivity contribution in [1.29, 1.82) is 0 Å². The molecule has 6 heteroatoms. The molecule has 5 nitrogen and oxygen atoms in total. The lowest BCUT2D eigenvalue weighted by Gasteiger charge is -2.16. The predicted molar refractivity (Wildman–Crippen MR) is 83.3 cm³/mol. The van der Waals surface area contributed by atoms with E-state index in [2.05, 4.69) is 4.72 Å². The summed E-state index contributed by atoms with van der Waals surface area (Å²) >= 11 is 0. The van der Waals surface area contributed by atoms with Crippen molar-refractivity contribution >= 4 is 22.1 Å². The van der Waals surface area contributed by atoms with Gasteiger partial charge in [0.2, 0.25) is 10.0 Å². The summed E-state index contributed by atoms with van der Waals surface area (Å²) in [4.78, 5) is 10.4. The average Bonchev–Trinajstić information content (AvgIpc) is 2.34. The topological polar surface area (TPSA) is 83.5 Å². The maximum Gasteiger partial charge on any atom is 0.328 e. The Morgan fingerprint density at radius 1 is 1.24 bits per heavy atom. The first-order valence-corrected chi connectivity index (χ1v) is 8.36. The van der Waals surface area contributed by atoms with Crippen molar-refractivity contribution in [2.45, 2.75) is 26.8 Å². The summed E-state index contributed by atoms with van der Waals surface area (Å²) in [5, 5.41) is 8.55. The van der Waals surface area contributed by atoms with E-state index >= 15 is 0 Å². The quantitative estimate of drug-likeness (QED) is 0.758. The number of hydrogen-bond donors (Lipinski definition) is 2. The Labute approximate surface area is 125 Å². The number of benzene rings is 1. The van der Waals surface area contributed by atoms with E-state index in [0.717, 1.165) is 17.2 Å². The number of hydrogen-bond acceptors (Lipinski definition) is 3. The molecule has 0 aliphatic rings. The van der Waals surface area contributed by atoms with Gasteiger partial charge in [0.05, 0.1) is 5.75 Å². The summed E-state index contributed by atoms with van der Waals surface area (Å²) in [6.07, 6.45) is 2.55. The van der Waals surface area contributed by atoms with Crippen LogP contribution in [0.4, 0.5) is 0 Å². The van der Waals surface area contributed by atoms with E-state index in [4.69, 9.17) is 5.11 Å². The molecule has 1 aromatic carbocycles. The molecule has 0 saturated carbocycles. The summed E-state index contributed by atoms with van der Waals surface area (Å²) in [5.74, 6) is -0.844. The molecule has 0 saturated heterocycles. The maximum atomic E-state index is 11.9. The smallest absolute Gasteiger partial charge is 0.328 e. The summed E-state index contributed by atoms with van der Waals surface area (Å²) in [6.45, 7) is 5.49. The van der Waals surface area contributed by atoms with Gasteiger partial charge in [-0.1, -0.05) is 38.1 Å². The molecule has 0 fully saturated rings. The van der Waals surface area contributed by atoms with Gasteiger partial charge in [-0.3, -0.25) is 0 Å². The molecule has 0 amide bonds. The molecule has 1 unspecified atom stereocenters. The average molecular weight is 311 g/mol. The maximum absolute atomic E-state index is 11.9. The van der Waals surface area contributed by atoms with Crippen molar-refractivity contribution in [3.05, 3.63) is 41.5 Å². The fraction of sp³-hybridized carbons (Fsp3) is 0.400. The standard InChI is InChI=1S/C15H21NO4S/c1-11(2)10-21(19,20)16-12(3)14-7-4-13(5-8-14)6-9-15(17)18/h4-9,11-12,16H,10H2,1-3H3,(H,17,18). The van der Waals surface area contributed by atoms with E-state index in [1.807, 2.05) is 13.8 Å². The Bertz CT molecular complexity index is 603. The number of carboxylic acid groups (broad SMARTS) is 1. The second-order valence-electron chi connectivity index (χ2n) is 5.35. The van der Waals surface area contributed by atoms with Crippen molar-refractivity contribution < 1.29 is 18.3 Å². The van der Waals surface area contributed by atoms with E-state index < -0.39 is 16.0 Å². The lowest BCUT2D eigenvalue weighted by atomic mass is 10.1. The summed E-state index contributed by atoms with van der Waals surface area (Å²) in [7, 11) is -3.30. The van der Waals surface area contributed by atoms with Crippen LogP contribution in [0.25, 0.3) is 6.08 Å². The van der Waals surface area contributed by atoms with E-state index in [0.29, 0.717) is 0 Å². The minimum Gasteiger partial charge on any atom is -0.478 e. The zero-order valence-electron chi connectivity index (χ0n) is 12.4. The van der Waals surface area contributed by atoms with Gasteiger partial charge < -0.3 is 5.11 Å². The molecule has 116 valence electrons. The zero-order valence-corrected chi connectivity index (χ0v) is 13.2. The molecule has 0 spiro atoms. The first-order valence-electron chi connectivity index (χ1n) is 6.70. The van der Waals surface area contributed by atoms with Crippen molar-refractivity contribution in [3.63, 3.8) is 0 Å². The van der Waals surface area contributed by atoms with Crippen LogP contribution < -0.4 is 4.72 Å². The van der Waals surface area contributed by atoms with Crippen LogP contribution >= 0.6 is 0 Å². The van der Waals surface area contributed by atoms with Crippen LogP contribution in [0.1, 0.15) is 37.9 Å². The first-order chi connectivity index (χ1) is 9.69. The molecular weight excluding hydrogens is 290 g/mol. The third kappa shape index (κ3) is 6.55.